The van der Waals surface area contributed by atoms with Crippen LogP contribution in [-0.4, -0.2) is 64.9 Å². The van der Waals surface area contributed by atoms with E-state index >= 15 is 0 Å². The van der Waals surface area contributed by atoms with Crippen molar-refractivity contribution in [1.29, 1.82) is 0 Å². The summed E-state index contributed by atoms with van der Waals surface area (Å²) in [5.74, 6) is -0.733. The summed E-state index contributed by atoms with van der Waals surface area (Å²) in [6, 6.07) is 10.8. The summed E-state index contributed by atoms with van der Waals surface area (Å²) in [7, 11) is 0. The average Bonchev–Trinajstić information content (AvgIpc) is 2.95. The summed E-state index contributed by atoms with van der Waals surface area (Å²) < 4.78 is 40.9. The van der Waals surface area contributed by atoms with Crippen molar-refractivity contribution in [2.24, 2.45) is 17.2 Å². The number of para-hydroxylation sites is 1. The minimum absolute atomic E-state index is 0.0294. The molecule has 2 amide bonds. The van der Waals surface area contributed by atoms with Crippen LogP contribution in [0.2, 0.25) is 0 Å². The van der Waals surface area contributed by atoms with Gasteiger partial charge in [0.1, 0.15) is 4.99 Å². The minimum atomic E-state index is -4.55. The van der Waals surface area contributed by atoms with Gasteiger partial charge >= 0.3 is 6.18 Å². The molecule has 0 aliphatic carbocycles. The summed E-state index contributed by atoms with van der Waals surface area (Å²) in [5.41, 5.74) is 18.4. The van der Waals surface area contributed by atoms with E-state index in [-0.39, 0.29) is 48.9 Å². The molecular formula is C28H32F3N7O2S. The monoisotopic (exact) mass is 587 g/mol. The fraction of sp³-hybridized carbons (Fsp3) is 0.357. The summed E-state index contributed by atoms with van der Waals surface area (Å²) in [6.45, 7) is 1.27. The van der Waals surface area contributed by atoms with Crippen LogP contribution in [0.4, 0.5) is 24.5 Å². The number of amides is 2. The number of fused-ring (bicyclic) bond motifs is 2. The number of nitrogens with one attached hydrogen (secondary N) is 1. The molecule has 0 radical (unpaired) electrons. The van der Waals surface area contributed by atoms with Crippen LogP contribution in [0.15, 0.2) is 54.7 Å². The quantitative estimate of drug-likeness (QED) is 0.265. The Balaban J connectivity index is 1.57. The third-order valence-electron chi connectivity index (χ3n) is 6.90. The number of aromatic nitrogens is 1. The molecule has 218 valence electrons. The largest absolute Gasteiger partial charge is 0.416 e. The molecule has 1 aliphatic rings. The number of pyridine rings is 1. The zero-order valence-corrected chi connectivity index (χ0v) is 23.0. The highest BCUT2D eigenvalue weighted by molar-refractivity contribution is 7.80. The van der Waals surface area contributed by atoms with Crippen LogP contribution < -0.4 is 27.4 Å². The number of alkyl halides is 3. The Labute approximate surface area is 240 Å². The Kier molecular flexibility index (Phi) is 9.53. The van der Waals surface area contributed by atoms with Crippen molar-refractivity contribution in [2.45, 2.75) is 37.5 Å². The molecule has 0 spiro atoms. The van der Waals surface area contributed by atoms with E-state index in [4.69, 9.17) is 29.4 Å². The van der Waals surface area contributed by atoms with Gasteiger partial charge < -0.3 is 32.3 Å². The number of benzene rings is 2. The van der Waals surface area contributed by atoms with Gasteiger partial charge in [0.15, 0.2) is 0 Å². The number of carbonyl (C=O) groups excluding carboxylic acids is 2. The molecule has 0 bridgehead atoms. The number of thiocarbonyl (C=S) groups is 1. The highest BCUT2D eigenvalue weighted by Crippen LogP contribution is 2.40. The maximum atomic E-state index is 13.6. The van der Waals surface area contributed by atoms with Crippen molar-refractivity contribution in [2.75, 3.05) is 31.1 Å². The molecule has 7 N–H and O–H groups in total. The Morgan fingerprint density at radius 2 is 1.83 bits per heavy atom. The molecule has 3 aromatic rings. The van der Waals surface area contributed by atoms with E-state index in [9.17, 15) is 22.8 Å². The third kappa shape index (κ3) is 6.99. The fourth-order valence-corrected chi connectivity index (χ4v) is 5.13. The predicted octanol–water partition coefficient (Wildman–Crippen LogP) is 2.61. The predicted molar refractivity (Wildman–Crippen MR) is 155 cm³/mol. The molecule has 0 unspecified atom stereocenters. The summed E-state index contributed by atoms with van der Waals surface area (Å²) in [5, 5.41) is 3.62. The van der Waals surface area contributed by atoms with Crippen LogP contribution in [0.5, 0.6) is 0 Å². The van der Waals surface area contributed by atoms with Crippen LogP contribution >= 0.6 is 12.2 Å². The summed E-state index contributed by atoms with van der Waals surface area (Å²) in [6.07, 6.45) is -2.74. The van der Waals surface area contributed by atoms with Gasteiger partial charge in [-0.15, -0.1) is 0 Å². The molecule has 9 nitrogen and oxygen atoms in total. The molecule has 2 aromatic carbocycles. The Hall–Kier alpha value is -3.65. The molecule has 4 rings (SSSR count). The lowest BCUT2D eigenvalue weighted by Gasteiger charge is -2.37. The van der Waals surface area contributed by atoms with Gasteiger partial charge in [-0.3, -0.25) is 14.6 Å². The smallest absolute Gasteiger partial charge is 0.345 e. The second kappa shape index (κ2) is 12.9. The Bertz CT molecular complexity index is 1430. The number of anilines is 2. The third-order valence-corrected chi connectivity index (χ3v) is 7.37. The number of halogens is 3. The van der Waals surface area contributed by atoms with Gasteiger partial charge in [0, 0.05) is 44.4 Å². The molecule has 0 fully saturated rings. The SMILES string of the molecule is NCCN(CCN)C(=O)CC[C@H](N)C(=O)N[C@@H]1Cc2ccc(C(F)(F)F)cc2N(c2cnc3ccccc3c2)C1=S. The van der Waals surface area contributed by atoms with E-state index in [2.05, 4.69) is 10.3 Å². The minimum Gasteiger partial charge on any atom is -0.345 e. The standard InChI is InChI=1S/C28H32F3N7O2S/c29-28(30,31)19-6-5-18-14-23(36-26(40)21(34)7-8-25(39)37(11-9-32)12-10-33)27(41)38(24(18)15-19)20-13-17-3-1-2-4-22(17)35-16-20/h1-6,13,15-16,21,23H,7-12,14,32-34H2,(H,36,40)/t21-,23+/m0/s1. The van der Waals surface area contributed by atoms with Crippen LogP contribution in [0, 0.1) is 0 Å². The molecule has 1 aliphatic heterocycles. The van der Waals surface area contributed by atoms with E-state index in [1.807, 2.05) is 24.3 Å². The van der Waals surface area contributed by atoms with Gasteiger partial charge in [0.25, 0.3) is 0 Å². The first-order valence-corrected chi connectivity index (χ1v) is 13.6. The first kappa shape index (κ1) is 30.3. The number of carbonyl (C=O) groups is 2. The molecule has 0 saturated carbocycles. The second-order valence-corrected chi connectivity index (χ2v) is 10.2. The normalized spacial score (nSPS) is 15.9. The first-order chi connectivity index (χ1) is 19.5. The summed E-state index contributed by atoms with van der Waals surface area (Å²) >= 11 is 5.75. The van der Waals surface area contributed by atoms with E-state index in [0.29, 0.717) is 29.9 Å². The van der Waals surface area contributed by atoms with Crippen LogP contribution in [0.25, 0.3) is 10.9 Å². The van der Waals surface area contributed by atoms with Crippen molar-refractivity contribution < 1.29 is 22.8 Å². The lowest BCUT2D eigenvalue weighted by Crippen LogP contribution is -2.54. The Morgan fingerprint density at radius 3 is 2.51 bits per heavy atom. The molecule has 1 aromatic heterocycles. The summed E-state index contributed by atoms with van der Waals surface area (Å²) in [4.78, 5) is 33.3. The van der Waals surface area contributed by atoms with Crippen molar-refractivity contribution in [3.8, 4) is 0 Å². The zero-order valence-electron chi connectivity index (χ0n) is 22.2. The lowest BCUT2D eigenvalue weighted by molar-refractivity contribution is -0.137. The number of nitrogens with two attached hydrogens (primary N) is 3. The van der Waals surface area contributed by atoms with Crippen LogP contribution in [0.3, 0.4) is 0 Å². The van der Waals surface area contributed by atoms with Gasteiger partial charge in [0.05, 0.1) is 40.7 Å². The van der Waals surface area contributed by atoms with Gasteiger partial charge in [-0.05, 0) is 36.2 Å². The Morgan fingerprint density at radius 1 is 1.12 bits per heavy atom. The molecule has 2 atom stereocenters. The van der Waals surface area contributed by atoms with Crippen LogP contribution in [0.1, 0.15) is 24.0 Å². The molecule has 13 heteroatoms. The average molecular weight is 588 g/mol. The fourth-order valence-electron chi connectivity index (χ4n) is 4.78. The molecule has 41 heavy (non-hydrogen) atoms. The molecular weight excluding hydrogens is 555 g/mol. The van der Waals surface area contributed by atoms with Gasteiger partial charge in [-0.1, -0.05) is 36.5 Å². The van der Waals surface area contributed by atoms with Crippen molar-refractivity contribution in [1.82, 2.24) is 15.2 Å². The number of nitrogens with zero attached hydrogens (tertiary/aromatic N) is 3. The van der Waals surface area contributed by atoms with Crippen molar-refractivity contribution in [3.05, 3.63) is 65.9 Å². The van der Waals surface area contributed by atoms with Crippen molar-refractivity contribution >= 4 is 51.3 Å². The molecule has 2 heterocycles. The lowest BCUT2D eigenvalue weighted by atomic mass is 9.94. The maximum absolute atomic E-state index is 13.6. The van der Waals surface area contributed by atoms with E-state index in [1.165, 1.54) is 22.1 Å². The van der Waals surface area contributed by atoms with Crippen LogP contribution in [-0.2, 0) is 22.2 Å². The van der Waals surface area contributed by atoms with E-state index < -0.39 is 29.7 Å². The maximum Gasteiger partial charge on any atom is 0.416 e. The topological polar surface area (TPSA) is 144 Å². The highest BCUT2D eigenvalue weighted by atomic mass is 32.1. The zero-order chi connectivity index (χ0) is 29.7. The molecule has 0 saturated heterocycles. The highest BCUT2D eigenvalue weighted by Gasteiger charge is 2.37. The first-order valence-electron chi connectivity index (χ1n) is 13.2. The van der Waals surface area contributed by atoms with Gasteiger partial charge in [-0.2, -0.15) is 13.2 Å². The van der Waals surface area contributed by atoms with Gasteiger partial charge in [0.2, 0.25) is 11.8 Å². The van der Waals surface area contributed by atoms with Gasteiger partial charge in [-0.25, -0.2) is 0 Å². The van der Waals surface area contributed by atoms with E-state index in [0.717, 1.165) is 17.5 Å². The second-order valence-electron chi connectivity index (χ2n) is 9.77. The number of rotatable bonds is 10. The number of hydrogen-bond acceptors (Lipinski definition) is 7. The van der Waals surface area contributed by atoms with E-state index in [1.54, 1.807) is 6.07 Å². The van der Waals surface area contributed by atoms with Crippen molar-refractivity contribution in [3.63, 3.8) is 0 Å². The number of hydrogen-bond donors (Lipinski definition) is 4.